The second-order valence-corrected chi connectivity index (χ2v) is 4.92. The number of rotatable bonds is 3. The monoisotopic (exact) mass is 260 g/mol. The van der Waals surface area contributed by atoms with Gasteiger partial charge in [0.1, 0.15) is 11.4 Å². The van der Waals surface area contributed by atoms with Gasteiger partial charge < -0.3 is 14.6 Å². The number of aliphatic hydroxyl groups is 1. The lowest BCUT2D eigenvalue weighted by Crippen LogP contribution is -2.22. The average Bonchev–Trinajstić information content (AvgIpc) is 2.77. The second kappa shape index (κ2) is 4.55. The van der Waals surface area contributed by atoms with Gasteiger partial charge in [-0.15, -0.1) is 0 Å². The van der Waals surface area contributed by atoms with Gasteiger partial charge in [0.25, 0.3) is 0 Å². The molecule has 0 radical (unpaired) electrons. The van der Waals surface area contributed by atoms with Crippen molar-refractivity contribution >= 4 is 5.97 Å². The van der Waals surface area contributed by atoms with E-state index in [1.54, 1.807) is 6.92 Å². The third-order valence-electron chi connectivity index (χ3n) is 3.08. The van der Waals surface area contributed by atoms with Crippen LogP contribution in [0.4, 0.5) is 0 Å². The van der Waals surface area contributed by atoms with E-state index >= 15 is 0 Å². The molecule has 2 rings (SSSR count). The molecular weight excluding hydrogens is 244 g/mol. The molecule has 0 spiro atoms. The Bertz CT molecular complexity index is 603. The largest absolute Gasteiger partial charge is 0.475 e. The van der Waals surface area contributed by atoms with Gasteiger partial charge >= 0.3 is 5.97 Å². The molecule has 0 aliphatic heterocycles. The molecule has 0 fully saturated rings. The molecule has 0 saturated heterocycles. The first-order valence-corrected chi connectivity index (χ1v) is 5.95. The van der Waals surface area contributed by atoms with Crippen molar-refractivity contribution in [2.45, 2.75) is 26.4 Å². The van der Waals surface area contributed by atoms with Crippen LogP contribution in [0.2, 0.25) is 0 Å². The first-order valence-electron chi connectivity index (χ1n) is 5.95. The molecule has 1 aromatic heterocycles. The van der Waals surface area contributed by atoms with Gasteiger partial charge in [-0.25, -0.2) is 4.79 Å². The molecule has 1 unspecified atom stereocenters. The Morgan fingerprint density at radius 3 is 2.21 bits per heavy atom. The number of hydrogen-bond acceptors (Lipinski definition) is 3. The van der Waals surface area contributed by atoms with Crippen molar-refractivity contribution in [1.29, 1.82) is 0 Å². The van der Waals surface area contributed by atoms with Crippen molar-refractivity contribution in [3.05, 3.63) is 58.5 Å². The zero-order valence-electron chi connectivity index (χ0n) is 11.1. The van der Waals surface area contributed by atoms with Gasteiger partial charge in [-0.05, 0) is 38.5 Å². The highest BCUT2D eigenvalue weighted by Gasteiger charge is 2.30. The molecule has 1 heterocycles. The van der Waals surface area contributed by atoms with Crippen molar-refractivity contribution < 1.29 is 19.4 Å². The van der Waals surface area contributed by atoms with Crippen LogP contribution >= 0.6 is 0 Å². The van der Waals surface area contributed by atoms with Crippen LogP contribution in [0.5, 0.6) is 0 Å². The van der Waals surface area contributed by atoms with E-state index in [2.05, 4.69) is 0 Å². The van der Waals surface area contributed by atoms with Crippen LogP contribution in [-0.4, -0.2) is 16.2 Å². The van der Waals surface area contributed by atoms with Crippen LogP contribution in [0.25, 0.3) is 0 Å². The fourth-order valence-corrected chi connectivity index (χ4v) is 2.11. The van der Waals surface area contributed by atoms with Crippen molar-refractivity contribution in [2.75, 3.05) is 0 Å². The van der Waals surface area contributed by atoms with Gasteiger partial charge in [-0.2, -0.15) is 0 Å². The average molecular weight is 260 g/mol. The van der Waals surface area contributed by atoms with E-state index in [-0.39, 0.29) is 11.5 Å². The molecule has 1 atom stereocenters. The maximum absolute atomic E-state index is 10.8. The lowest BCUT2D eigenvalue weighted by molar-refractivity contribution is 0.0601. The SMILES string of the molecule is Cc1cc(C)cc(C(C)(O)c2ccc(C(=O)O)o2)c1. The highest BCUT2D eigenvalue weighted by molar-refractivity contribution is 5.84. The first kappa shape index (κ1) is 13.4. The van der Waals surface area contributed by atoms with Crippen LogP contribution in [0.15, 0.2) is 34.7 Å². The Balaban J connectivity index is 2.47. The van der Waals surface area contributed by atoms with E-state index in [1.807, 2.05) is 32.0 Å². The number of hydrogen-bond donors (Lipinski definition) is 2. The third-order valence-corrected chi connectivity index (χ3v) is 3.08. The molecule has 1 aromatic carbocycles. The summed E-state index contributed by atoms with van der Waals surface area (Å²) in [5.74, 6) is -1.11. The minimum Gasteiger partial charge on any atom is -0.475 e. The van der Waals surface area contributed by atoms with E-state index in [0.29, 0.717) is 5.56 Å². The molecule has 100 valence electrons. The zero-order valence-corrected chi connectivity index (χ0v) is 11.1. The molecule has 19 heavy (non-hydrogen) atoms. The van der Waals surface area contributed by atoms with Crippen LogP contribution in [0, 0.1) is 13.8 Å². The molecule has 2 aromatic rings. The predicted octanol–water partition coefficient (Wildman–Crippen LogP) is 2.85. The van der Waals surface area contributed by atoms with Crippen LogP contribution in [-0.2, 0) is 5.60 Å². The Kier molecular flexibility index (Phi) is 3.20. The number of aryl methyl sites for hydroxylation is 2. The van der Waals surface area contributed by atoms with Gasteiger partial charge in [-0.1, -0.05) is 29.3 Å². The minimum atomic E-state index is -1.36. The molecule has 0 aliphatic rings. The summed E-state index contributed by atoms with van der Waals surface area (Å²) in [5.41, 5.74) is 1.38. The van der Waals surface area contributed by atoms with Crippen LogP contribution in [0.3, 0.4) is 0 Å². The topological polar surface area (TPSA) is 70.7 Å². The van der Waals surface area contributed by atoms with Crippen molar-refractivity contribution in [1.82, 2.24) is 0 Å². The number of carboxylic acid groups (broad SMARTS) is 1. The Morgan fingerprint density at radius 1 is 1.16 bits per heavy atom. The molecular formula is C15H16O4. The maximum atomic E-state index is 10.8. The Labute approximate surface area is 111 Å². The van der Waals surface area contributed by atoms with Gasteiger partial charge in [0.2, 0.25) is 5.76 Å². The smallest absolute Gasteiger partial charge is 0.371 e. The van der Waals surface area contributed by atoms with E-state index < -0.39 is 11.6 Å². The summed E-state index contributed by atoms with van der Waals surface area (Å²) >= 11 is 0. The summed E-state index contributed by atoms with van der Waals surface area (Å²) in [6.45, 7) is 5.47. The minimum absolute atomic E-state index is 0.181. The van der Waals surface area contributed by atoms with Gasteiger partial charge in [0.05, 0.1) is 0 Å². The predicted molar refractivity (Wildman–Crippen MR) is 70.3 cm³/mol. The third kappa shape index (κ3) is 2.53. The quantitative estimate of drug-likeness (QED) is 0.890. The van der Waals surface area contributed by atoms with Gasteiger partial charge in [-0.3, -0.25) is 0 Å². The summed E-state index contributed by atoms with van der Waals surface area (Å²) in [6, 6.07) is 8.55. The van der Waals surface area contributed by atoms with E-state index in [1.165, 1.54) is 12.1 Å². The summed E-state index contributed by atoms with van der Waals surface area (Å²) in [7, 11) is 0. The fourth-order valence-electron chi connectivity index (χ4n) is 2.11. The molecule has 0 bridgehead atoms. The lowest BCUT2D eigenvalue weighted by atomic mass is 9.91. The summed E-state index contributed by atoms with van der Waals surface area (Å²) in [4.78, 5) is 10.8. The molecule has 0 saturated carbocycles. The molecule has 4 heteroatoms. The second-order valence-electron chi connectivity index (χ2n) is 4.92. The van der Waals surface area contributed by atoms with E-state index in [9.17, 15) is 9.90 Å². The number of benzene rings is 1. The van der Waals surface area contributed by atoms with Crippen LogP contribution in [0.1, 0.15) is 39.9 Å². The fraction of sp³-hybridized carbons (Fsp3) is 0.267. The summed E-state index contributed by atoms with van der Waals surface area (Å²) in [6.07, 6.45) is 0. The van der Waals surface area contributed by atoms with Crippen LogP contribution < -0.4 is 0 Å². The Hall–Kier alpha value is -2.07. The number of aromatic carboxylic acids is 1. The normalized spacial score (nSPS) is 14.1. The number of furan rings is 1. The van der Waals surface area contributed by atoms with E-state index in [4.69, 9.17) is 9.52 Å². The van der Waals surface area contributed by atoms with Gasteiger partial charge in [0, 0.05) is 0 Å². The Morgan fingerprint density at radius 2 is 1.74 bits per heavy atom. The molecule has 4 nitrogen and oxygen atoms in total. The summed E-state index contributed by atoms with van der Waals surface area (Å²) < 4.78 is 5.19. The van der Waals surface area contributed by atoms with Crippen molar-refractivity contribution in [3.8, 4) is 0 Å². The highest BCUT2D eigenvalue weighted by atomic mass is 16.4. The standard InChI is InChI=1S/C15H16O4/c1-9-6-10(2)8-11(7-9)15(3,18)13-5-4-12(19-13)14(16)17/h4-8,18H,1-3H3,(H,16,17). The van der Waals surface area contributed by atoms with Crippen molar-refractivity contribution in [2.24, 2.45) is 0 Å². The molecule has 2 N–H and O–H groups in total. The molecule has 0 amide bonds. The maximum Gasteiger partial charge on any atom is 0.371 e. The first-order chi connectivity index (χ1) is 8.80. The van der Waals surface area contributed by atoms with Crippen molar-refractivity contribution in [3.63, 3.8) is 0 Å². The van der Waals surface area contributed by atoms with Gasteiger partial charge in [0.15, 0.2) is 0 Å². The molecule has 0 aliphatic carbocycles. The lowest BCUT2D eigenvalue weighted by Gasteiger charge is -2.22. The van der Waals surface area contributed by atoms with E-state index in [0.717, 1.165) is 11.1 Å². The highest BCUT2D eigenvalue weighted by Crippen LogP contribution is 2.31. The zero-order chi connectivity index (χ0) is 14.2. The number of carbonyl (C=O) groups is 1. The summed E-state index contributed by atoms with van der Waals surface area (Å²) in [5, 5.41) is 19.5. The number of carboxylic acids is 1.